The lowest BCUT2D eigenvalue weighted by atomic mass is 10.1. The molecule has 0 aliphatic rings. The molecular weight excluding hydrogens is 222 g/mol. The first kappa shape index (κ1) is 15.9. The van der Waals surface area contributed by atoms with E-state index in [2.05, 4.69) is 0 Å². The number of aliphatic carboxylic acids is 1. The second kappa shape index (κ2) is 7.27. The molecule has 17 heavy (non-hydrogen) atoms. The van der Waals surface area contributed by atoms with Gasteiger partial charge in [0.1, 0.15) is 11.6 Å². The van der Waals surface area contributed by atoms with E-state index in [0.717, 1.165) is 12.8 Å². The molecule has 0 radical (unpaired) electrons. The van der Waals surface area contributed by atoms with Gasteiger partial charge >= 0.3 is 11.9 Å². The van der Waals surface area contributed by atoms with Crippen LogP contribution >= 0.6 is 0 Å². The lowest BCUT2D eigenvalue weighted by Gasteiger charge is -2.19. The van der Waals surface area contributed by atoms with E-state index in [0.29, 0.717) is 19.3 Å². The minimum atomic E-state index is -0.975. The molecule has 5 nitrogen and oxygen atoms in total. The summed E-state index contributed by atoms with van der Waals surface area (Å²) in [4.78, 5) is 21.8. The molecule has 0 aliphatic heterocycles. The first-order valence-electron chi connectivity index (χ1n) is 5.92. The molecule has 0 aromatic rings. The average molecular weight is 245 g/mol. The Kier molecular flexibility index (Phi) is 6.80. The molecule has 1 atom stereocenters. The molecule has 0 rings (SSSR count). The van der Waals surface area contributed by atoms with Gasteiger partial charge in [-0.25, -0.2) is 0 Å². The number of carbonyl (C=O) groups excluding carboxylic acids is 1. The fraction of sp³-hybridized carbons (Fsp3) is 0.833. The first-order chi connectivity index (χ1) is 7.72. The van der Waals surface area contributed by atoms with Gasteiger partial charge in [0, 0.05) is 6.42 Å². The van der Waals surface area contributed by atoms with Gasteiger partial charge in [0.15, 0.2) is 0 Å². The van der Waals surface area contributed by atoms with Crippen molar-refractivity contribution in [2.24, 2.45) is 5.73 Å². The molecule has 0 bridgehead atoms. The topological polar surface area (TPSA) is 89.6 Å². The summed E-state index contributed by atoms with van der Waals surface area (Å²) in [5.41, 5.74) is 4.91. The molecule has 5 heteroatoms. The second-order valence-corrected chi connectivity index (χ2v) is 5.13. The monoisotopic (exact) mass is 245 g/mol. The summed E-state index contributed by atoms with van der Waals surface area (Å²) in [5.74, 6) is -1.18. The van der Waals surface area contributed by atoms with Crippen LogP contribution in [0.5, 0.6) is 0 Å². The minimum absolute atomic E-state index is 0.208. The predicted octanol–water partition coefficient (Wildman–Crippen LogP) is 1.69. The maximum Gasteiger partial charge on any atom is 0.320 e. The smallest absolute Gasteiger partial charge is 0.320 e. The number of carboxylic acids is 1. The Morgan fingerprint density at radius 2 is 1.82 bits per heavy atom. The van der Waals surface area contributed by atoms with E-state index in [1.54, 1.807) is 0 Å². The number of hydrogen-bond donors (Lipinski definition) is 2. The van der Waals surface area contributed by atoms with Crippen molar-refractivity contribution in [3.8, 4) is 0 Å². The maximum absolute atomic E-state index is 11.3. The Bertz CT molecular complexity index is 258. The summed E-state index contributed by atoms with van der Waals surface area (Å²) >= 11 is 0. The summed E-state index contributed by atoms with van der Waals surface area (Å²) in [6.45, 7) is 5.49. The highest BCUT2D eigenvalue weighted by Crippen LogP contribution is 2.11. The quantitative estimate of drug-likeness (QED) is 0.526. The number of esters is 1. The van der Waals surface area contributed by atoms with Crippen molar-refractivity contribution in [2.75, 3.05) is 0 Å². The number of rotatable bonds is 7. The largest absolute Gasteiger partial charge is 0.480 e. The fourth-order valence-electron chi connectivity index (χ4n) is 1.33. The third-order valence-electron chi connectivity index (χ3n) is 2.13. The number of carboxylic acid groups (broad SMARTS) is 1. The third-order valence-corrected chi connectivity index (χ3v) is 2.13. The molecule has 0 heterocycles. The molecule has 0 aliphatic carbocycles. The van der Waals surface area contributed by atoms with E-state index in [4.69, 9.17) is 15.6 Å². The molecule has 0 spiro atoms. The van der Waals surface area contributed by atoms with Crippen LogP contribution in [-0.4, -0.2) is 28.7 Å². The van der Waals surface area contributed by atoms with Crippen LogP contribution in [0.3, 0.4) is 0 Å². The first-order valence-corrected chi connectivity index (χ1v) is 5.92. The summed E-state index contributed by atoms with van der Waals surface area (Å²) in [5, 5.41) is 8.56. The number of carbonyl (C=O) groups is 2. The molecule has 0 aromatic heterocycles. The van der Waals surface area contributed by atoms with Crippen LogP contribution in [0, 0.1) is 0 Å². The van der Waals surface area contributed by atoms with E-state index >= 15 is 0 Å². The molecule has 0 amide bonds. The molecular formula is C12H23NO4. The van der Waals surface area contributed by atoms with Gasteiger partial charge in [0.25, 0.3) is 0 Å². The van der Waals surface area contributed by atoms with Gasteiger partial charge in [0.05, 0.1) is 0 Å². The Hall–Kier alpha value is -1.10. The van der Waals surface area contributed by atoms with Crippen LogP contribution in [0.1, 0.15) is 52.9 Å². The maximum atomic E-state index is 11.3. The highest BCUT2D eigenvalue weighted by atomic mass is 16.6. The average Bonchev–Trinajstić information content (AvgIpc) is 2.13. The van der Waals surface area contributed by atoms with Gasteiger partial charge in [-0.15, -0.1) is 0 Å². The van der Waals surface area contributed by atoms with Crippen molar-refractivity contribution in [3.63, 3.8) is 0 Å². The van der Waals surface area contributed by atoms with Gasteiger partial charge in [-0.3, -0.25) is 9.59 Å². The highest BCUT2D eigenvalue weighted by Gasteiger charge is 2.15. The molecule has 100 valence electrons. The molecule has 3 N–H and O–H groups in total. The Morgan fingerprint density at radius 1 is 1.24 bits per heavy atom. The van der Waals surface area contributed by atoms with Crippen molar-refractivity contribution in [1.82, 2.24) is 0 Å². The zero-order valence-corrected chi connectivity index (χ0v) is 10.9. The molecule has 0 aromatic carbocycles. The SMILES string of the molecule is CC(C)(C)OC(=O)CCCCC[C@@H](N)C(=O)O. The summed E-state index contributed by atoms with van der Waals surface area (Å²) in [6, 6.07) is -0.795. The van der Waals surface area contributed by atoms with Crippen molar-refractivity contribution >= 4 is 11.9 Å². The van der Waals surface area contributed by atoms with E-state index in [1.807, 2.05) is 20.8 Å². The number of unbranched alkanes of at least 4 members (excludes halogenated alkanes) is 2. The number of nitrogens with two attached hydrogens (primary N) is 1. The van der Waals surface area contributed by atoms with Crippen molar-refractivity contribution in [1.29, 1.82) is 0 Å². The highest BCUT2D eigenvalue weighted by molar-refractivity contribution is 5.72. The van der Waals surface area contributed by atoms with Crippen molar-refractivity contribution in [2.45, 2.75) is 64.5 Å². The number of hydrogen-bond acceptors (Lipinski definition) is 4. The Labute approximate surface area is 102 Å². The van der Waals surface area contributed by atoms with Crippen LogP contribution in [0.4, 0.5) is 0 Å². The minimum Gasteiger partial charge on any atom is -0.480 e. The van der Waals surface area contributed by atoms with E-state index < -0.39 is 17.6 Å². The zero-order chi connectivity index (χ0) is 13.5. The summed E-state index contributed by atoms with van der Waals surface area (Å²) < 4.78 is 5.15. The second-order valence-electron chi connectivity index (χ2n) is 5.13. The standard InChI is InChI=1S/C12H23NO4/c1-12(2,3)17-10(14)8-6-4-5-7-9(13)11(15)16/h9H,4-8,13H2,1-3H3,(H,15,16)/t9-/m1/s1. The van der Waals surface area contributed by atoms with Crippen LogP contribution in [0.25, 0.3) is 0 Å². The predicted molar refractivity (Wildman–Crippen MR) is 64.5 cm³/mol. The fourth-order valence-corrected chi connectivity index (χ4v) is 1.33. The van der Waals surface area contributed by atoms with Crippen LogP contribution in [-0.2, 0) is 14.3 Å². The van der Waals surface area contributed by atoms with Crippen molar-refractivity contribution in [3.05, 3.63) is 0 Å². The van der Waals surface area contributed by atoms with E-state index in [-0.39, 0.29) is 5.97 Å². The lowest BCUT2D eigenvalue weighted by molar-refractivity contribution is -0.155. The van der Waals surface area contributed by atoms with Gasteiger partial charge in [-0.1, -0.05) is 12.8 Å². The molecule has 0 unspecified atom stereocenters. The van der Waals surface area contributed by atoms with E-state index in [1.165, 1.54) is 0 Å². The molecule has 0 fully saturated rings. The van der Waals surface area contributed by atoms with Crippen molar-refractivity contribution < 1.29 is 19.4 Å². The van der Waals surface area contributed by atoms with Gasteiger partial charge in [0.2, 0.25) is 0 Å². The molecule has 0 saturated heterocycles. The Balaban J connectivity index is 3.52. The van der Waals surface area contributed by atoms with E-state index in [9.17, 15) is 9.59 Å². The Morgan fingerprint density at radius 3 is 2.29 bits per heavy atom. The van der Waals surface area contributed by atoms with Gasteiger partial charge in [-0.05, 0) is 33.6 Å². The van der Waals surface area contributed by atoms with Crippen LogP contribution in [0.15, 0.2) is 0 Å². The van der Waals surface area contributed by atoms with Gasteiger partial charge < -0.3 is 15.6 Å². The van der Waals surface area contributed by atoms with Crippen LogP contribution < -0.4 is 5.73 Å². The van der Waals surface area contributed by atoms with Gasteiger partial charge in [-0.2, -0.15) is 0 Å². The molecule has 0 saturated carbocycles. The normalized spacial score (nSPS) is 13.2. The van der Waals surface area contributed by atoms with Crippen LogP contribution in [0.2, 0.25) is 0 Å². The zero-order valence-electron chi connectivity index (χ0n) is 10.9. The third kappa shape index (κ3) is 9.81. The summed E-state index contributed by atoms with van der Waals surface area (Å²) in [6.07, 6.45) is 3.04. The summed E-state index contributed by atoms with van der Waals surface area (Å²) in [7, 11) is 0. The lowest BCUT2D eigenvalue weighted by Crippen LogP contribution is -2.29. The number of ether oxygens (including phenoxy) is 1.